The third-order valence-electron chi connectivity index (χ3n) is 4.26. The van der Waals surface area contributed by atoms with Crippen molar-refractivity contribution >= 4 is 11.6 Å². The summed E-state index contributed by atoms with van der Waals surface area (Å²) >= 11 is 0. The van der Waals surface area contributed by atoms with Crippen LogP contribution in [0.1, 0.15) is 47.0 Å². The highest BCUT2D eigenvalue weighted by Crippen LogP contribution is 2.31. The molecule has 23 heavy (non-hydrogen) atoms. The molecule has 2 unspecified atom stereocenters. The number of ketones is 2. The van der Waals surface area contributed by atoms with Gasteiger partial charge >= 0.3 is 0 Å². The van der Waals surface area contributed by atoms with Gasteiger partial charge in [0, 0.05) is 31.6 Å². The first-order valence-corrected chi connectivity index (χ1v) is 8.88. The van der Waals surface area contributed by atoms with Crippen molar-refractivity contribution in [1.29, 1.82) is 0 Å². The lowest BCUT2D eigenvalue weighted by atomic mass is 9.91. The molecule has 0 radical (unpaired) electrons. The predicted octanol–water partition coefficient (Wildman–Crippen LogP) is 2.23. The van der Waals surface area contributed by atoms with Crippen LogP contribution in [0.15, 0.2) is 0 Å². The Kier molecular flexibility index (Phi) is 9.60. The van der Waals surface area contributed by atoms with Crippen molar-refractivity contribution in [2.45, 2.75) is 53.0 Å². The second-order valence-corrected chi connectivity index (χ2v) is 6.95. The monoisotopic (exact) mass is 327 g/mol. The van der Waals surface area contributed by atoms with Crippen molar-refractivity contribution in [3.05, 3.63) is 0 Å². The van der Waals surface area contributed by atoms with Crippen LogP contribution in [-0.2, 0) is 19.1 Å². The molecule has 1 fully saturated rings. The minimum atomic E-state index is -0.439. The van der Waals surface area contributed by atoms with Crippen LogP contribution in [0.5, 0.6) is 0 Å². The first-order chi connectivity index (χ1) is 10.9. The minimum Gasteiger partial charge on any atom is -0.379 e. The summed E-state index contributed by atoms with van der Waals surface area (Å²) in [5, 5.41) is 3.33. The smallest absolute Gasteiger partial charge is 0.147 e. The van der Waals surface area contributed by atoms with Crippen molar-refractivity contribution < 1.29 is 19.1 Å². The highest BCUT2D eigenvalue weighted by molar-refractivity contribution is 6.10. The number of nitrogens with one attached hydrogen (secondary N) is 1. The topological polar surface area (TPSA) is 64.6 Å². The van der Waals surface area contributed by atoms with E-state index in [0.717, 1.165) is 19.6 Å². The van der Waals surface area contributed by atoms with Gasteiger partial charge in [-0.25, -0.2) is 0 Å². The predicted molar refractivity (Wildman–Crippen MR) is 90.5 cm³/mol. The fraction of sp³-hybridized carbons (Fsp3) is 0.889. The molecule has 0 aromatic rings. The molecule has 0 aromatic carbocycles. The third kappa shape index (κ3) is 7.55. The van der Waals surface area contributed by atoms with Crippen LogP contribution in [0.25, 0.3) is 0 Å². The van der Waals surface area contributed by atoms with Gasteiger partial charge in [-0.3, -0.25) is 9.59 Å². The summed E-state index contributed by atoms with van der Waals surface area (Å²) in [6, 6.07) is 0.509. The molecule has 2 atom stereocenters. The quantitative estimate of drug-likeness (QED) is 0.440. The number of rotatable bonds is 12. The second-order valence-electron chi connectivity index (χ2n) is 6.95. The van der Waals surface area contributed by atoms with Gasteiger partial charge in [-0.2, -0.15) is 0 Å². The fourth-order valence-electron chi connectivity index (χ4n) is 2.83. The summed E-state index contributed by atoms with van der Waals surface area (Å²) in [4.78, 5) is 24.1. The van der Waals surface area contributed by atoms with E-state index in [0.29, 0.717) is 38.7 Å². The molecule has 0 aromatic heterocycles. The normalized spacial score (nSPS) is 21.8. The summed E-state index contributed by atoms with van der Waals surface area (Å²) in [6.45, 7) is 11.5. The zero-order valence-corrected chi connectivity index (χ0v) is 15.1. The van der Waals surface area contributed by atoms with Crippen molar-refractivity contribution in [2.24, 2.45) is 17.8 Å². The van der Waals surface area contributed by atoms with Crippen molar-refractivity contribution in [3.8, 4) is 0 Å². The Morgan fingerprint density at radius 2 is 1.70 bits per heavy atom. The number of hydrogen-bond donors (Lipinski definition) is 1. The molecule has 1 N–H and O–H groups in total. The van der Waals surface area contributed by atoms with E-state index >= 15 is 0 Å². The lowest BCUT2D eigenvalue weighted by Crippen LogP contribution is -2.24. The van der Waals surface area contributed by atoms with E-state index < -0.39 is 5.92 Å². The number of Topliss-reactive ketones (excluding diaryl/α,β-unsaturated/α-hetero) is 2. The molecule has 1 aliphatic carbocycles. The van der Waals surface area contributed by atoms with Crippen LogP contribution in [0.3, 0.4) is 0 Å². The average molecular weight is 327 g/mol. The molecule has 1 rings (SSSR count). The van der Waals surface area contributed by atoms with Crippen LogP contribution in [0.2, 0.25) is 0 Å². The Balaban J connectivity index is 2.01. The molecule has 5 nitrogen and oxygen atoms in total. The Labute approximate surface area is 140 Å². The zero-order valence-electron chi connectivity index (χ0n) is 15.1. The number of carbonyl (C=O) groups is 2. The summed E-state index contributed by atoms with van der Waals surface area (Å²) < 4.78 is 11.0. The molecule has 5 heteroatoms. The molecular weight excluding hydrogens is 294 g/mol. The highest BCUT2D eigenvalue weighted by Gasteiger charge is 2.41. The standard InChI is InChI=1S/C18H33NO4/c1-13(2)16-12-17(20)15(18(16)21)6-9-23-11-10-22-8-5-7-19-14(3)4/h13-16,19H,5-12H2,1-4H3. The SMILES string of the molecule is CC(C)NCCCOCCOCCC1C(=O)CC(C(C)C)C1=O. The van der Waals surface area contributed by atoms with Gasteiger partial charge in [0.05, 0.1) is 19.1 Å². The molecule has 0 aliphatic heterocycles. The van der Waals surface area contributed by atoms with E-state index in [4.69, 9.17) is 9.47 Å². The van der Waals surface area contributed by atoms with Gasteiger partial charge in [0.25, 0.3) is 0 Å². The Hall–Kier alpha value is -0.780. The number of ether oxygens (including phenoxy) is 2. The fourth-order valence-corrected chi connectivity index (χ4v) is 2.83. The maximum Gasteiger partial charge on any atom is 0.147 e. The Morgan fingerprint density at radius 3 is 2.26 bits per heavy atom. The zero-order chi connectivity index (χ0) is 17.2. The molecule has 0 saturated heterocycles. The molecule has 1 aliphatic rings. The van der Waals surface area contributed by atoms with E-state index in [-0.39, 0.29) is 23.4 Å². The van der Waals surface area contributed by atoms with Crippen molar-refractivity contribution in [1.82, 2.24) is 5.32 Å². The Morgan fingerprint density at radius 1 is 1.04 bits per heavy atom. The van der Waals surface area contributed by atoms with E-state index in [9.17, 15) is 9.59 Å². The molecule has 0 bridgehead atoms. The first kappa shape index (κ1) is 20.3. The van der Waals surface area contributed by atoms with Gasteiger partial charge in [0.1, 0.15) is 11.6 Å². The molecule has 0 heterocycles. The van der Waals surface area contributed by atoms with Crippen LogP contribution >= 0.6 is 0 Å². The molecular formula is C18H33NO4. The van der Waals surface area contributed by atoms with Crippen molar-refractivity contribution in [3.63, 3.8) is 0 Å². The number of carbonyl (C=O) groups excluding carboxylic acids is 2. The summed E-state index contributed by atoms with van der Waals surface area (Å²) in [7, 11) is 0. The minimum absolute atomic E-state index is 0.0877. The van der Waals surface area contributed by atoms with E-state index in [1.807, 2.05) is 13.8 Å². The van der Waals surface area contributed by atoms with Crippen LogP contribution in [0.4, 0.5) is 0 Å². The lowest BCUT2D eigenvalue weighted by Gasteiger charge is -2.12. The molecule has 134 valence electrons. The van der Waals surface area contributed by atoms with E-state index in [1.165, 1.54) is 0 Å². The van der Waals surface area contributed by atoms with Gasteiger partial charge in [-0.15, -0.1) is 0 Å². The molecule has 0 amide bonds. The summed E-state index contributed by atoms with van der Waals surface area (Å²) in [5.41, 5.74) is 0. The maximum atomic E-state index is 12.2. The summed E-state index contributed by atoms with van der Waals surface area (Å²) in [5.74, 6) is -0.0784. The van der Waals surface area contributed by atoms with Crippen LogP contribution < -0.4 is 5.32 Å². The largest absolute Gasteiger partial charge is 0.379 e. The van der Waals surface area contributed by atoms with Gasteiger partial charge in [-0.1, -0.05) is 27.7 Å². The average Bonchev–Trinajstić information content (AvgIpc) is 2.76. The van der Waals surface area contributed by atoms with Gasteiger partial charge in [0.15, 0.2) is 0 Å². The second kappa shape index (κ2) is 10.9. The van der Waals surface area contributed by atoms with Gasteiger partial charge in [0.2, 0.25) is 0 Å². The third-order valence-corrected chi connectivity index (χ3v) is 4.26. The lowest BCUT2D eigenvalue weighted by molar-refractivity contribution is -0.129. The van der Waals surface area contributed by atoms with Crippen molar-refractivity contribution in [2.75, 3.05) is 33.0 Å². The van der Waals surface area contributed by atoms with Gasteiger partial charge in [-0.05, 0) is 25.3 Å². The Bertz CT molecular complexity index is 368. The summed E-state index contributed by atoms with van der Waals surface area (Å²) in [6.07, 6.45) is 1.91. The first-order valence-electron chi connectivity index (χ1n) is 8.88. The van der Waals surface area contributed by atoms with E-state index in [2.05, 4.69) is 19.2 Å². The highest BCUT2D eigenvalue weighted by atomic mass is 16.5. The van der Waals surface area contributed by atoms with Crippen LogP contribution in [0, 0.1) is 17.8 Å². The van der Waals surface area contributed by atoms with E-state index in [1.54, 1.807) is 0 Å². The van der Waals surface area contributed by atoms with Gasteiger partial charge < -0.3 is 14.8 Å². The maximum absolute atomic E-state index is 12.2. The molecule has 0 spiro atoms. The number of hydrogen-bond acceptors (Lipinski definition) is 5. The molecule has 1 saturated carbocycles. The van der Waals surface area contributed by atoms with Crippen LogP contribution in [-0.4, -0.2) is 50.6 Å².